The maximum atomic E-state index is 6.09. The summed E-state index contributed by atoms with van der Waals surface area (Å²) in [5.41, 5.74) is 1.71. The van der Waals surface area contributed by atoms with E-state index in [9.17, 15) is 0 Å². The fourth-order valence-corrected chi connectivity index (χ4v) is 2.44. The van der Waals surface area contributed by atoms with Gasteiger partial charge in [-0.15, -0.1) is 0 Å². The third kappa shape index (κ3) is 2.74. The fraction of sp³-hybridized carbons (Fsp3) is 0.333. The first kappa shape index (κ1) is 13.9. The predicted molar refractivity (Wildman–Crippen MR) is 79.1 cm³/mol. The number of ether oxygens (including phenoxy) is 3. The lowest BCUT2D eigenvalue weighted by molar-refractivity contribution is 0.171. The van der Waals surface area contributed by atoms with Crippen molar-refractivity contribution in [1.29, 1.82) is 0 Å². The zero-order chi connectivity index (χ0) is 14.8. The average molecular weight is 307 g/mol. The number of aromatic nitrogens is 2. The minimum absolute atomic E-state index is 0.187. The summed E-state index contributed by atoms with van der Waals surface area (Å²) in [5, 5.41) is 0.431. The monoisotopic (exact) mass is 306 g/mol. The van der Waals surface area contributed by atoms with E-state index >= 15 is 0 Å². The molecule has 5 nitrogen and oxygen atoms in total. The van der Waals surface area contributed by atoms with Crippen LogP contribution in [0.2, 0.25) is 5.15 Å². The van der Waals surface area contributed by atoms with Crippen molar-refractivity contribution in [3.63, 3.8) is 0 Å². The minimum Gasteiger partial charge on any atom is -0.493 e. The summed E-state index contributed by atoms with van der Waals surface area (Å²) in [6.45, 7) is 2.28. The number of rotatable bonds is 4. The Bertz CT molecular complexity index is 676. The number of aryl methyl sites for hydroxylation is 1. The van der Waals surface area contributed by atoms with Crippen LogP contribution in [0.25, 0.3) is 11.4 Å². The van der Waals surface area contributed by atoms with Gasteiger partial charge in [-0.25, -0.2) is 9.97 Å². The molecule has 21 heavy (non-hydrogen) atoms. The molecule has 6 heteroatoms. The number of benzene rings is 1. The van der Waals surface area contributed by atoms with E-state index in [0.29, 0.717) is 28.2 Å². The van der Waals surface area contributed by atoms with Crippen LogP contribution in [-0.2, 0) is 6.42 Å². The van der Waals surface area contributed by atoms with Gasteiger partial charge in [-0.2, -0.15) is 0 Å². The zero-order valence-corrected chi connectivity index (χ0v) is 12.6. The molecule has 0 N–H and O–H groups in total. The van der Waals surface area contributed by atoms with Crippen LogP contribution in [0.5, 0.6) is 17.2 Å². The SMILES string of the molecule is CCCc1cc(Cl)nc(-c2cc(OC)c3c(c2)OCO3)n1. The molecule has 0 saturated heterocycles. The number of hydrogen-bond acceptors (Lipinski definition) is 5. The molecule has 110 valence electrons. The van der Waals surface area contributed by atoms with E-state index in [1.807, 2.05) is 12.1 Å². The van der Waals surface area contributed by atoms with Gasteiger partial charge in [-0.05, 0) is 24.6 Å². The van der Waals surface area contributed by atoms with Crippen LogP contribution in [0, 0.1) is 0 Å². The van der Waals surface area contributed by atoms with Crippen molar-refractivity contribution in [3.05, 3.63) is 29.0 Å². The summed E-state index contributed by atoms with van der Waals surface area (Å²) in [6, 6.07) is 5.46. The Labute approximate surface area is 127 Å². The van der Waals surface area contributed by atoms with Crippen LogP contribution >= 0.6 is 11.6 Å². The minimum atomic E-state index is 0.187. The summed E-state index contributed by atoms with van der Waals surface area (Å²) >= 11 is 6.09. The lowest BCUT2D eigenvalue weighted by Gasteiger charge is -2.09. The van der Waals surface area contributed by atoms with Crippen LogP contribution in [0.15, 0.2) is 18.2 Å². The highest BCUT2D eigenvalue weighted by molar-refractivity contribution is 6.29. The van der Waals surface area contributed by atoms with Gasteiger partial charge < -0.3 is 14.2 Å². The Balaban J connectivity index is 2.08. The molecule has 0 unspecified atom stereocenters. The van der Waals surface area contributed by atoms with Crippen molar-refractivity contribution in [2.45, 2.75) is 19.8 Å². The molecule has 1 aliphatic rings. The van der Waals surface area contributed by atoms with Crippen molar-refractivity contribution < 1.29 is 14.2 Å². The second-order valence-corrected chi connectivity index (χ2v) is 5.06. The topological polar surface area (TPSA) is 53.5 Å². The first-order valence-corrected chi connectivity index (χ1v) is 7.10. The van der Waals surface area contributed by atoms with Crippen LogP contribution in [-0.4, -0.2) is 23.9 Å². The van der Waals surface area contributed by atoms with Crippen molar-refractivity contribution in [2.24, 2.45) is 0 Å². The predicted octanol–water partition coefficient (Wildman–Crippen LogP) is 3.49. The summed E-state index contributed by atoms with van der Waals surface area (Å²) in [5.74, 6) is 2.39. The highest BCUT2D eigenvalue weighted by Gasteiger charge is 2.21. The third-order valence-electron chi connectivity index (χ3n) is 3.17. The number of methoxy groups -OCH3 is 1. The lowest BCUT2D eigenvalue weighted by Crippen LogP contribution is -1.97. The largest absolute Gasteiger partial charge is 0.493 e. The molecule has 1 aliphatic heterocycles. The molecule has 1 aromatic heterocycles. The maximum Gasteiger partial charge on any atom is 0.231 e. The van der Waals surface area contributed by atoms with Gasteiger partial charge in [0.2, 0.25) is 12.5 Å². The average Bonchev–Trinajstić information content (AvgIpc) is 2.94. The van der Waals surface area contributed by atoms with Gasteiger partial charge in [0.15, 0.2) is 17.3 Å². The normalized spacial score (nSPS) is 12.5. The lowest BCUT2D eigenvalue weighted by atomic mass is 10.1. The number of fused-ring (bicyclic) bond motifs is 1. The maximum absolute atomic E-state index is 6.09. The molecule has 0 aliphatic carbocycles. The van der Waals surface area contributed by atoms with Gasteiger partial charge in [0.1, 0.15) is 5.15 Å². The van der Waals surface area contributed by atoms with Crippen LogP contribution in [0.3, 0.4) is 0 Å². The van der Waals surface area contributed by atoms with Crippen molar-refractivity contribution >= 4 is 11.6 Å². The summed E-state index contributed by atoms with van der Waals surface area (Å²) in [6.07, 6.45) is 1.86. The molecule has 0 spiro atoms. The molecule has 2 aromatic rings. The molecule has 0 amide bonds. The van der Waals surface area contributed by atoms with Crippen molar-refractivity contribution in [2.75, 3.05) is 13.9 Å². The van der Waals surface area contributed by atoms with Crippen LogP contribution < -0.4 is 14.2 Å². The van der Waals surface area contributed by atoms with E-state index in [4.69, 9.17) is 25.8 Å². The Hall–Kier alpha value is -2.01. The van der Waals surface area contributed by atoms with E-state index in [2.05, 4.69) is 16.9 Å². The molecule has 0 radical (unpaired) electrons. The molecule has 0 fully saturated rings. The fourth-order valence-electron chi connectivity index (χ4n) is 2.24. The summed E-state index contributed by atoms with van der Waals surface area (Å²) < 4.78 is 16.1. The van der Waals surface area contributed by atoms with E-state index in [1.165, 1.54) is 0 Å². The van der Waals surface area contributed by atoms with Crippen molar-refractivity contribution in [3.8, 4) is 28.6 Å². The molecule has 0 bridgehead atoms. The van der Waals surface area contributed by atoms with Gasteiger partial charge in [-0.3, -0.25) is 0 Å². The summed E-state index contributed by atoms with van der Waals surface area (Å²) in [4.78, 5) is 8.84. The Morgan fingerprint density at radius 1 is 1.24 bits per heavy atom. The van der Waals surface area contributed by atoms with Gasteiger partial charge >= 0.3 is 0 Å². The van der Waals surface area contributed by atoms with E-state index in [0.717, 1.165) is 24.1 Å². The van der Waals surface area contributed by atoms with Crippen LogP contribution in [0.1, 0.15) is 19.0 Å². The Morgan fingerprint density at radius 2 is 2.10 bits per heavy atom. The highest BCUT2D eigenvalue weighted by atomic mass is 35.5. The second-order valence-electron chi connectivity index (χ2n) is 4.67. The number of hydrogen-bond donors (Lipinski definition) is 0. The molecular formula is C15H15ClN2O3. The van der Waals surface area contributed by atoms with Crippen LogP contribution in [0.4, 0.5) is 0 Å². The smallest absolute Gasteiger partial charge is 0.231 e. The molecule has 3 rings (SSSR count). The van der Waals surface area contributed by atoms with E-state index in [-0.39, 0.29) is 6.79 Å². The van der Waals surface area contributed by atoms with Gasteiger partial charge in [0, 0.05) is 11.3 Å². The standard InChI is InChI=1S/C15H15ClN2O3/c1-3-4-10-7-13(16)18-15(17-10)9-5-11(19-2)14-12(6-9)20-8-21-14/h5-7H,3-4,8H2,1-2H3. The van der Waals surface area contributed by atoms with Gasteiger partial charge in [0.25, 0.3) is 0 Å². The first-order valence-electron chi connectivity index (χ1n) is 6.72. The quantitative estimate of drug-likeness (QED) is 0.809. The molecule has 1 aromatic carbocycles. The van der Waals surface area contributed by atoms with Crippen molar-refractivity contribution in [1.82, 2.24) is 9.97 Å². The molecule has 2 heterocycles. The zero-order valence-electron chi connectivity index (χ0n) is 11.9. The molecule has 0 saturated carbocycles. The molecular weight excluding hydrogens is 292 g/mol. The van der Waals surface area contributed by atoms with Gasteiger partial charge in [-0.1, -0.05) is 24.9 Å². The van der Waals surface area contributed by atoms with E-state index in [1.54, 1.807) is 13.2 Å². The number of halogens is 1. The van der Waals surface area contributed by atoms with Gasteiger partial charge in [0.05, 0.1) is 7.11 Å². The Morgan fingerprint density at radius 3 is 2.86 bits per heavy atom. The molecule has 0 atom stereocenters. The summed E-state index contributed by atoms with van der Waals surface area (Å²) in [7, 11) is 1.59. The van der Waals surface area contributed by atoms with E-state index < -0.39 is 0 Å². The number of nitrogens with zero attached hydrogens (tertiary/aromatic N) is 2. The third-order valence-corrected chi connectivity index (χ3v) is 3.36. The first-order chi connectivity index (χ1) is 10.2. The highest BCUT2D eigenvalue weighted by Crippen LogP contribution is 2.43. The Kier molecular flexibility index (Phi) is 3.84. The second kappa shape index (κ2) is 5.77.